The standard InChI is InChI=1S/C29H38FN4O13PS/c1-16(2)45-26(40)17(3)32-48(42,47-19-9-7-6-8-10-19)44-14-20-24(38)29(5,30)27(46-20)33-12-11-21(35)34(28(33)41)22(36)15-43-23(37)13-31-25(39)18(4)49/h6-12,16-18,20,24,27,38,49H,13-15H2,1-5H3,(H,31,39)(H,32,42)/t17-,18?,20?,24+,27?,29+,48-/m0/s1. The van der Waals surface area contributed by atoms with E-state index < -0.39 is 104 Å². The summed E-state index contributed by atoms with van der Waals surface area (Å²) in [6.07, 6.45) is -5.24. The van der Waals surface area contributed by atoms with Crippen LogP contribution in [0.2, 0.25) is 0 Å². The maximum absolute atomic E-state index is 16.0. The molecule has 17 nitrogen and oxygen atoms in total. The minimum atomic E-state index is -4.47. The van der Waals surface area contributed by atoms with Crippen molar-refractivity contribution in [1.29, 1.82) is 0 Å². The zero-order valence-corrected chi connectivity index (χ0v) is 28.9. The van der Waals surface area contributed by atoms with E-state index in [9.17, 15) is 38.4 Å². The van der Waals surface area contributed by atoms with Crippen molar-refractivity contribution < 1.29 is 56.5 Å². The van der Waals surface area contributed by atoms with E-state index in [1.807, 2.05) is 0 Å². The topological polar surface area (TPSA) is 220 Å². The molecule has 0 radical (unpaired) electrons. The summed E-state index contributed by atoms with van der Waals surface area (Å²) in [5.74, 6) is -3.66. The lowest BCUT2D eigenvalue weighted by atomic mass is 9.98. The molecule has 1 aromatic heterocycles. The van der Waals surface area contributed by atoms with E-state index in [1.54, 1.807) is 32.0 Å². The number of nitrogens with zero attached hydrogens (tertiary/aromatic N) is 2. The second kappa shape index (κ2) is 16.7. The second-order valence-electron chi connectivity index (χ2n) is 11.3. The van der Waals surface area contributed by atoms with Crippen molar-refractivity contribution >= 4 is 44.1 Å². The molecule has 20 heteroatoms. The van der Waals surface area contributed by atoms with Gasteiger partial charge in [-0.3, -0.25) is 33.1 Å². The molecule has 0 aliphatic carbocycles. The fourth-order valence-corrected chi connectivity index (χ4v) is 5.91. The Labute approximate surface area is 285 Å². The average molecular weight is 733 g/mol. The zero-order chi connectivity index (χ0) is 36.7. The Balaban J connectivity index is 1.79. The first kappa shape index (κ1) is 39.6. The minimum absolute atomic E-state index is 0.0702. The molecule has 3 N–H and O–H groups in total. The highest BCUT2D eigenvalue weighted by Crippen LogP contribution is 2.47. The van der Waals surface area contributed by atoms with Crippen LogP contribution in [0.3, 0.4) is 0 Å². The highest BCUT2D eigenvalue weighted by atomic mass is 32.1. The molecular weight excluding hydrogens is 694 g/mol. The van der Waals surface area contributed by atoms with Crippen LogP contribution in [-0.2, 0) is 37.7 Å². The third-order valence-corrected chi connectivity index (χ3v) is 8.69. The Hall–Kier alpha value is -3.87. The van der Waals surface area contributed by atoms with Crippen molar-refractivity contribution in [2.24, 2.45) is 0 Å². The Morgan fingerprint density at radius 3 is 2.39 bits per heavy atom. The molecule has 0 saturated carbocycles. The number of benzene rings is 1. The van der Waals surface area contributed by atoms with Crippen molar-refractivity contribution in [2.45, 2.75) is 76.1 Å². The molecule has 1 aliphatic rings. The molecule has 2 heterocycles. The lowest BCUT2D eigenvalue weighted by Gasteiger charge is -2.25. The van der Waals surface area contributed by atoms with E-state index >= 15 is 4.39 Å². The maximum Gasteiger partial charge on any atom is 0.459 e. The monoisotopic (exact) mass is 732 g/mol. The van der Waals surface area contributed by atoms with E-state index in [2.05, 4.69) is 23.0 Å². The molecule has 1 fully saturated rings. The van der Waals surface area contributed by atoms with Gasteiger partial charge in [-0.25, -0.2) is 13.8 Å². The van der Waals surface area contributed by atoms with Crippen molar-refractivity contribution in [2.75, 3.05) is 19.8 Å². The summed E-state index contributed by atoms with van der Waals surface area (Å²) >= 11 is 3.90. The summed E-state index contributed by atoms with van der Waals surface area (Å²) in [5.41, 5.74) is -5.30. The number of rotatable bonds is 15. The fraction of sp³-hybridized carbons (Fsp3) is 0.517. The van der Waals surface area contributed by atoms with Crippen LogP contribution in [0.5, 0.6) is 5.75 Å². The number of nitrogens with one attached hydrogen (secondary N) is 2. The van der Waals surface area contributed by atoms with Crippen LogP contribution in [0, 0.1) is 0 Å². The number of carbonyl (C=O) groups is 4. The van der Waals surface area contributed by atoms with Crippen LogP contribution in [0.25, 0.3) is 0 Å². The molecule has 1 aliphatic heterocycles. The Morgan fingerprint density at radius 1 is 1.12 bits per heavy atom. The molecular formula is C29H38FN4O13PS. The molecule has 49 heavy (non-hydrogen) atoms. The average Bonchev–Trinajstić information content (AvgIpc) is 3.25. The van der Waals surface area contributed by atoms with Crippen LogP contribution in [-0.4, -0.2) is 93.0 Å². The molecule has 2 aromatic rings. The molecule has 0 spiro atoms. The van der Waals surface area contributed by atoms with Gasteiger partial charge in [-0.2, -0.15) is 22.3 Å². The first-order valence-electron chi connectivity index (χ1n) is 14.8. The Bertz CT molecular complexity index is 1680. The Kier molecular flexibility index (Phi) is 13.5. The summed E-state index contributed by atoms with van der Waals surface area (Å²) < 4.78 is 56.9. The van der Waals surface area contributed by atoms with Gasteiger partial charge in [0.15, 0.2) is 18.5 Å². The number of halogens is 1. The summed E-state index contributed by atoms with van der Waals surface area (Å²) in [5, 5.41) is 14.8. The number of carbonyl (C=O) groups excluding carboxylic acids is 4. The van der Waals surface area contributed by atoms with E-state index in [1.165, 1.54) is 26.0 Å². The number of hydrogen-bond donors (Lipinski definition) is 4. The molecule has 1 saturated heterocycles. The fourth-order valence-electron chi connectivity index (χ4n) is 4.32. The van der Waals surface area contributed by atoms with Gasteiger partial charge in [-0.1, -0.05) is 18.2 Å². The van der Waals surface area contributed by atoms with Crippen LogP contribution >= 0.6 is 20.4 Å². The molecule has 0 bridgehead atoms. The molecule has 270 valence electrons. The van der Waals surface area contributed by atoms with E-state index in [-0.39, 0.29) is 10.3 Å². The summed E-state index contributed by atoms with van der Waals surface area (Å²) in [6, 6.07) is 7.27. The van der Waals surface area contributed by atoms with Gasteiger partial charge in [0, 0.05) is 12.3 Å². The highest BCUT2D eigenvalue weighted by molar-refractivity contribution is 7.81. The van der Waals surface area contributed by atoms with Gasteiger partial charge in [0.1, 0.15) is 30.5 Å². The molecule has 3 unspecified atom stereocenters. The number of amides is 1. The largest absolute Gasteiger partial charge is 0.462 e. The van der Waals surface area contributed by atoms with Crippen LogP contribution in [0.4, 0.5) is 4.39 Å². The number of aliphatic hydroxyl groups excluding tert-OH is 1. The number of ether oxygens (including phenoxy) is 3. The van der Waals surface area contributed by atoms with Gasteiger partial charge in [0.25, 0.3) is 11.5 Å². The number of aliphatic hydroxyl groups is 1. The van der Waals surface area contributed by atoms with Crippen LogP contribution in [0.15, 0.2) is 52.2 Å². The first-order chi connectivity index (χ1) is 22.9. The van der Waals surface area contributed by atoms with Gasteiger partial charge < -0.3 is 29.2 Å². The summed E-state index contributed by atoms with van der Waals surface area (Å²) in [4.78, 5) is 74.4. The first-order valence-corrected chi connectivity index (χ1v) is 16.9. The highest BCUT2D eigenvalue weighted by Gasteiger charge is 2.56. The van der Waals surface area contributed by atoms with E-state index in [0.29, 0.717) is 4.57 Å². The van der Waals surface area contributed by atoms with Crippen molar-refractivity contribution in [3.05, 3.63) is 63.4 Å². The van der Waals surface area contributed by atoms with Crippen molar-refractivity contribution in [1.82, 2.24) is 19.5 Å². The smallest absolute Gasteiger partial charge is 0.459 e. The number of thiol groups is 1. The summed E-state index contributed by atoms with van der Waals surface area (Å²) in [7, 11) is -4.47. The third-order valence-electron chi connectivity index (χ3n) is 6.81. The second-order valence-corrected chi connectivity index (χ2v) is 13.8. The minimum Gasteiger partial charge on any atom is -0.462 e. The zero-order valence-electron chi connectivity index (χ0n) is 27.1. The normalized spacial score (nSPS) is 22.8. The lowest BCUT2D eigenvalue weighted by molar-refractivity contribution is -0.149. The van der Waals surface area contributed by atoms with E-state index in [4.69, 9.17) is 23.3 Å². The number of alkyl halides is 1. The molecule has 1 amide bonds. The van der Waals surface area contributed by atoms with Gasteiger partial charge >= 0.3 is 25.4 Å². The summed E-state index contributed by atoms with van der Waals surface area (Å²) in [6.45, 7) is 4.40. The molecule has 1 aromatic carbocycles. The third kappa shape index (κ3) is 10.3. The van der Waals surface area contributed by atoms with Crippen LogP contribution in [0.1, 0.15) is 45.6 Å². The van der Waals surface area contributed by atoms with Gasteiger partial charge in [-0.15, -0.1) is 0 Å². The lowest BCUT2D eigenvalue weighted by Crippen LogP contribution is -2.49. The molecule has 7 atom stereocenters. The Morgan fingerprint density at radius 2 is 1.78 bits per heavy atom. The number of para-hydroxylation sites is 1. The number of esters is 2. The van der Waals surface area contributed by atoms with Crippen LogP contribution < -0.4 is 26.2 Å². The van der Waals surface area contributed by atoms with Crippen molar-refractivity contribution in [3.63, 3.8) is 0 Å². The van der Waals surface area contributed by atoms with Crippen molar-refractivity contribution in [3.8, 4) is 5.75 Å². The predicted octanol–water partition coefficient (Wildman–Crippen LogP) is 0.748. The van der Waals surface area contributed by atoms with E-state index in [0.717, 1.165) is 19.2 Å². The van der Waals surface area contributed by atoms with Gasteiger partial charge in [0.2, 0.25) is 5.91 Å². The predicted molar refractivity (Wildman–Crippen MR) is 172 cm³/mol. The number of aromatic nitrogens is 2. The quantitative estimate of drug-likeness (QED) is 0.113. The van der Waals surface area contributed by atoms with Gasteiger partial charge in [0.05, 0.1) is 18.0 Å². The van der Waals surface area contributed by atoms with Gasteiger partial charge in [-0.05, 0) is 46.8 Å². The maximum atomic E-state index is 16.0. The number of hydrogen-bond acceptors (Lipinski definition) is 14. The SMILES string of the molecule is CC(C)OC(=O)[C@H](C)N[P@](=O)(OCC1OC(n2ccc(=O)n(C(=O)COC(=O)CNC(=O)C(C)S)c2=O)[C@](C)(F)[C@@H]1O)Oc1ccccc1. The molecule has 3 rings (SSSR count).